The monoisotopic (exact) mass is 483 g/mol. The molecule has 2 atom stereocenters. The van der Waals surface area contributed by atoms with E-state index in [0.717, 1.165) is 5.56 Å². The van der Waals surface area contributed by atoms with E-state index >= 15 is 0 Å². The van der Waals surface area contributed by atoms with Crippen molar-refractivity contribution in [2.45, 2.75) is 51.8 Å². The van der Waals surface area contributed by atoms with Gasteiger partial charge in [-0.1, -0.05) is 61.3 Å². The van der Waals surface area contributed by atoms with Gasteiger partial charge in [0.25, 0.3) is 5.91 Å². The van der Waals surface area contributed by atoms with Crippen LogP contribution in [-0.4, -0.2) is 42.9 Å². The third-order valence-corrected chi connectivity index (χ3v) is 7.76. The number of carbonyl (C=O) groups is 1. The van der Waals surface area contributed by atoms with Crippen molar-refractivity contribution in [3.05, 3.63) is 63.6 Å². The second-order valence-corrected chi connectivity index (χ2v) is 11.3. The Morgan fingerprint density at radius 3 is 2.35 bits per heavy atom. The molecule has 2 unspecified atom stereocenters. The zero-order valence-corrected chi connectivity index (χ0v) is 20.2. The van der Waals surface area contributed by atoms with Gasteiger partial charge in [0.2, 0.25) is 0 Å². The van der Waals surface area contributed by atoms with Gasteiger partial charge in [0.05, 0.1) is 16.5 Å². The SMILES string of the molecule is CC(Oc1ccc(Cl)cc1Cl)C(=O)N(Cc1ccc(C(C)C)cc1)C1CCS(=O)(=O)C1. The van der Waals surface area contributed by atoms with Gasteiger partial charge in [-0.25, -0.2) is 8.42 Å². The first-order chi connectivity index (χ1) is 14.6. The summed E-state index contributed by atoms with van der Waals surface area (Å²) in [6.45, 7) is 6.20. The first kappa shape index (κ1) is 23.9. The van der Waals surface area contributed by atoms with E-state index in [4.69, 9.17) is 27.9 Å². The van der Waals surface area contributed by atoms with Crippen LogP contribution in [0.1, 0.15) is 44.2 Å². The first-order valence-corrected chi connectivity index (χ1v) is 12.8. The van der Waals surface area contributed by atoms with E-state index in [0.29, 0.717) is 34.7 Å². The Balaban J connectivity index is 1.81. The fourth-order valence-electron chi connectivity index (χ4n) is 3.66. The van der Waals surface area contributed by atoms with Gasteiger partial charge >= 0.3 is 0 Å². The Morgan fingerprint density at radius 1 is 1.13 bits per heavy atom. The van der Waals surface area contributed by atoms with Crippen molar-refractivity contribution >= 4 is 38.9 Å². The highest BCUT2D eigenvalue weighted by Crippen LogP contribution is 2.29. The summed E-state index contributed by atoms with van der Waals surface area (Å²) < 4.78 is 30.0. The van der Waals surface area contributed by atoms with Gasteiger partial charge in [-0.15, -0.1) is 0 Å². The zero-order valence-electron chi connectivity index (χ0n) is 17.8. The standard InChI is InChI=1S/C23H27Cl2NO4S/c1-15(2)18-6-4-17(5-7-18)13-26(20-10-11-31(28,29)14-20)23(27)16(3)30-22-9-8-19(24)12-21(22)25/h4-9,12,15-16,20H,10-11,13-14H2,1-3H3. The molecule has 0 aliphatic carbocycles. The molecule has 168 valence electrons. The molecule has 0 spiro atoms. The number of ether oxygens (including phenoxy) is 1. The van der Waals surface area contributed by atoms with Gasteiger partial charge in [-0.3, -0.25) is 4.79 Å². The second-order valence-electron chi connectivity index (χ2n) is 8.25. The molecule has 3 rings (SSSR count). The van der Waals surface area contributed by atoms with Crippen LogP contribution in [0.4, 0.5) is 0 Å². The third kappa shape index (κ3) is 6.15. The van der Waals surface area contributed by atoms with Crippen molar-refractivity contribution in [1.29, 1.82) is 0 Å². The van der Waals surface area contributed by atoms with Gasteiger partial charge < -0.3 is 9.64 Å². The maximum absolute atomic E-state index is 13.3. The molecule has 0 radical (unpaired) electrons. The van der Waals surface area contributed by atoms with Gasteiger partial charge in [0.15, 0.2) is 15.9 Å². The largest absolute Gasteiger partial charge is 0.479 e. The van der Waals surface area contributed by atoms with Crippen molar-refractivity contribution in [2.24, 2.45) is 0 Å². The lowest BCUT2D eigenvalue weighted by atomic mass is 10.0. The topological polar surface area (TPSA) is 63.7 Å². The van der Waals surface area contributed by atoms with Crippen molar-refractivity contribution in [3.63, 3.8) is 0 Å². The first-order valence-electron chi connectivity index (χ1n) is 10.3. The number of carbonyl (C=O) groups excluding carboxylic acids is 1. The van der Waals surface area contributed by atoms with Crippen LogP contribution in [-0.2, 0) is 21.2 Å². The van der Waals surface area contributed by atoms with Crippen LogP contribution in [0.5, 0.6) is 5.75 Å². The number of nitrogens with zero attached hydrogens (tertiary/aromatic N) is 1. The predicted molar refractivity (Wildman–Crippen MR) is 125 cm³/mol. The van der Waals surface area contributed by atoms with Crippen LogP contribution in [0.2, 0.25) is 10.0 Å². The Hall–Kier alpha value is -1.76. The summed E-state index contributed by atoms with van der Waals surface area (Å²) in [5.74, 6) is 0.543. The number of amides is 1. The highest BCUT2D eigenvalue weighted by atomic mass is 35.5. The molecule has 1 fully saturated rings. The smallest absolute Gasteiger partial charge is 0.263 e. The average molecular weight is 484 g/mol. The maximum atomic E-state index is 13.3. The maximum Gasteiger partial charge on any atom is 0.263 e. The van der Waals surface area contributed by atoms with Gasteiger partial charge in [-0.2, -0.15) is 0 Å². The number of hydrogen-bond acceptors (Lipinski definition) is 4. The van der Waals surface area contributed by atoms with E-state index in [-0.39, 0.29) is 23.5 Å². The van der Waals surface area contributed by atoms with E-state index in [1.54, 1.807) is 30.0 Å². The van der Waals surface area contributed by atoms with Crippen LogP contribution in [0, 0.1) is 0 Å². The third-order valence-electron chi connectivity index (χ3n) is 5.48. The van der Waals surface area contributed by atoms with Gasteiger partial charge in [-0.05, 0) is 48.6 Å². The van der Waals surface area contributed by atoms with Crippen molar-refractivity contribution in [1.82, 2.24) is 4.90 Å². The van der Waals surface area contributed by atoms with Gasteiger partial charge in [0.1, 0.15) is 5.75 Å². The molecular weight excluding hydrogens is 457 g/mol. The summed E-state index contributed by atoms with van der Waals surface area (Å²) in [5.41, 5.74) is 2.15. The average Bonchev–Trinajstić information content (AvgIpc) is 3.07. The van der Waals surface area contributed by atoms with Gasteiger partial charge in [0, 0.05) is 17.6 Å². The van der Waals surface area contributed by atoms with E-state index in [1.165, 1.54) is 5.56 Å². The molecular formula is C23H27Cl2NO4S. The molecule has 1 amide bonds. The van der Waals surface area contributed by atoms with E-state index < -0.39 is 15.9 Å². The highest BCUT2D eigenvalue weighted by Gasteiger charge is 2.36. The molecule has 5 nitrogen and oxygen atoms in total. The Kier molecular flexibility index (Phi) is 7.55. The quantitative estimate of drug-likeness (QED) is 0.549. The molecule has 1 aliphatic heterocycles. The highest BCUT2D eigenvalue weighted by molar-refractivity contribution is 7.91. The molecule has 0 aromatic heterocycles. The lowest BCUT2D eigenvalue weighted by molar-refractivity contribution is -0.140. The zero-order chi connectivity index (χ0) is 22.8. The summed E-state index contributed by atoms with van der Waals surface area (Å²) >= 11 is 12.1. The summed E-state index contributed by atoms with van der Waals surface area (Å²) in [5, 5.41) is 0.783. The van der Waals surface area contributed by atoms with E-state index in [2.05, 4.69) is 13.8 Å². The fraction of sp³-hybridized carbons (Fsp3) is 0.435. The van der Waals surface area contributed by atoms with Crippen molar-refractivity contribution in [2.75, 3.05) is 11.5 Å². The number of benzene rings is 2. The minimum Gasteiger partial charge on any atom is -0.479 e. The number of halogens is 2. The molecule has 0 bridgehead atoms. The molecule has 2 aromatic rings. The van der Waals surface area contributed by atoms with Crippen molar-refractivity contribution in [3.8, 4) is 5.75 Å². The molecule has 1 saturated heterocycles. The van der Waals surface area contributed by atoms with E-state index in [9.17, 15) is 13.2 Å². The molecule has 0 N–H and O–H groups in total. The number of hydrogen-bond donors (Lipinski definition) is 0. The predicted octanol–water partition coefficient (Wildman–Crippen LogP) is 5.10. The Morgan fingerprint density at radius 2 is 1.81 bits per heavy atom. The number of sulfone groups is 1. The molecule has 2 aromatic carbocycles. The minimum absolute atomic E-state index is 0.0305. The van der Waals surface area contributed by atoms with E-state index in [1.807, 2.05) is 24.3 Å². The molecule has 31 heavy (non-hydrogen) atoms. The normalized spacial score (nSPS) is 18.7. The molecule has 8 heteroatoms. The Bertz CT molecular complexity index is 1040. The summed E-state index contributed by atoms with van der Waals surface area (Å²) in [4.78, 5) is 15.0. The fourth-order valence-corrected chi connectivity index (χ4v) is 5.84. The second kappa shape index (κ2) is 9.80. The summed E-state index contributed by atoms with van der Waals surface area (Å²) in [7, 11) is -3.15. The lowest BCUT2D eigenvalue weighted by Crippen LogP contribution is -2.46. The van der Waals surface area contributed by atoms with Crippen LogP contribution in [0.3, 0.4) is 0 Å². The molecule has 1 aliphatic rings. The van der Waals surface area contributed by atoms with Crippen molar-refractivity contribution < 1.29 is 17.9 Å². The van der Waals surface area contributed by atoms with Crippen LogP contribution >= 0.6 is 23.2 Å². The van der Waals surface area contributed by atoms with Crippen LogP contribution in [0.25, 0.3) is 0 Å². The molecule has 0 saturated carbocycles. The van der Waals surface area contributed by atoms with Crippen LogP contribution in [0.15, 0.2) is 42.5 Å². The summed E-state index contributed by atoms with van der Waals surface area (Å²) in [6.07, 6.45) is -0.413. The summed E-state index contributed by atoms with van der Waals surface area (Å²) in [6, 6.07) is 12.5. The molecule has 1 heterocycles. The lowest BCUT2D eigenvalue weighted by Gasteiger charge is -2.31. The Labute approximate surface area is 194 Å². The van der Waals surface area contributed by atoms with Crippen LogP contribution < -0.4 is 4.74 Å². The number of rotatable bonds is 7. The minimum atomic E-state index is -3.15.